The maximum Gasteiger partial charge on any atom is 0.0600 e. The third-order valence-electron chi connectivity index (χ3n) is 5.33. The molecule has 2 saturated heterocycles. The summed E-state index contributed by atoms with van der Waals surface area (Å²) in [4.78, 5) is 2.62. The molecule has 1 aliphatic carbocycles. The Morgan fingerprint density at radius 1 is 1.00 bits per heavy atom. The van der Waals surface area contributed by atoms with Crippen molar-refractivity contribution in [1.82, 2.24) is 10.2 Å². The summed E-state index contributed by atoms with van der Waals surface area (Å²) in [6.45, 7) is 7.08. The summed E-state index contributed by atoms with van der Waals surface area (Å²) < 4.78 is 6.01. The minimum atomic E-state index is 0.523. The van der Waals surface area contributed by atoms with E-state index in [0.29, 0.717) is 11.5 Å². The van der Waals surface area contributed by atoms with Crippen LogP contribution in [0.3, 0.4) is 0 Å². The second kappa shape index (κ2) is 6.55. The van der Waals surface area contributed by atoms with Crippen molar-refractivity contribution in [2.45, 2.75) is 57.5 Å². The Kier molecular flexibility index (Phi) is 4.78. The fraction of sp³-hybridized carbons (Fsp3) is 1.00. The van der Waals surface area contributed by atoms with Crippen LogP contribution in [-0.2, 0) is 4.74 Å². The number of ether oxygens (including phenoxy) is 1. The molecule has 0 radical (unpaired) electrons. The molecule has 3 heteroatoms. The molecule has 1 saturated carbocycles. The highest BCUT2D eigenvalue weighted by molar-refractivity contribution is 4.95. The predicted molar refractivity (Wildman–Crippen MR) is 78.4 cm³/mol. The van der Waals surface area contributed by atoms with Gasteiger partial charge in [0.2, 0.25) is 0 Å². The third kappa shape index (κ3) is 3.71. The standard InChI is InChI=1S/C16H30N2O/c1-2-4-8-16(7-3-1)13-18(14-16)11-12-19-15-5-9-17-10-6-15/h15,17H,1-14H2. The van der Waals surface area contributed by atoms with Crippen molar-refractivity contribution in [2.75, 3.05) is 39.3 Å². The zero-order valence-electron chi connectivity index (χ0n) is 12.3. The molecule has 0 aromatic heterocycles. The first-order valence-electron chi connectivity index (χ1n) is 8.41. The monoisotopic (exact) mass is 266 g/mol. The van der Waals surface area contributed by atoms with E-state index in [1.807, 2.05) is 0 Å². The third-order valence-corrected chi connectivity index (χ3v) is 5.33. The van der Waals surface area contributed by atoms with Crippen LogP contribution in [0.4, 0.5) is 0 Å². The molecular weight excluding hydrogens is 236 g/mol. The van der Waals surface area contributed by atoms with Crippen LogP contribution >= 0.6 is 0 Å². The van der Waals surface area contributed by atoms with Crippen LogP contribution in [0.2, 0.25) is 0 Å². The van der Waals surface area contributed by atoms with E-state index in [0.717, 1.165) is 26.2 Å². The molecule has 0 bridgehead atoms. The number of nitrogens with zero attached hydrogens (tertiary/aromatic N) is 1. The summed E-state index contributed by atoms with van der Waals surface area (Å²) in [5.74, 6) is 0. The molecule has 0 unspecified atom stereocenters. The number of hydrogen-bond acceptors (Lipinski definition) is 3. The second-order valence-electron chi connectivity index (χ2n) is 6.95. The van der Waals surface area contributed by atoms with Crippen LogP contribution in [0.25, 0.3) is 0 Å². The van der Waals surface area contributed by atoms with Crippen molar-refractivity contribution >= 4 is 0 Å². The average molecular weight is 266 g/mol. The Morgan fingerprint density at radius 3 is 2.37 bits per heavy atom. The lowest BCUT2D eigenvalue weighted by molar-refractivity contribution is -0.0440. The van der Waals surface area contributed by atoms with E-state index < -0.39 is 0 Å². The smallest absolute Gasteiger partial charge is 0.0600 e. The molecule has 2 aliphatic heterocycles. The number of piperidine rings is 1. The van der Waals surface area contributed by atoms with Crippen molar-refractivity contribution in [3.63, 3.8) is 0 Å². The zero-order chi connectivity index (χ0) is 13.0. The van der Waals surface area contributed by atoms with Crippen molar-refractivity contribution in [1.29, 1.82) is 0 Å². The van der Waals surface area contributed by atoms with Gasteiger partial charge < -0.3 is 10.1 Å². The molecule has 3 rings (SSSR count). The molecule has 3 fully saturated rings. The van der Waals surface area contributed by atoms with Gasteiger partial charge in [0.15, 0.2) is 0 Å². The molecular formula is C16H30N2O. The van der Waals surface area contributed by atoms with Crippen molar-refractivity contribution in [3.05, 3.63) is 0 Å². The summed E-state index contributed by atoms with van der Waals surface area (Å²) in [7, 11) is 0. The van der Waals surface area contributed by atoms with E-state index in [1.54, 1.807) is 0 Å². The Morgan fingerprint density at radius 2 is 1.68 bits per heavy atom. The van der Waals surface area contributed by atoms with Gasteiger partial charge in [-0.15, -0.1) is 0 Å². The lowest BCUT2D eigenvalue weighted by Gasteiger charge is -2.50. The van der Waals surface area contributed by atoms with Gasteiger partial charge in [0.25, 0.3) is 0 Å². The minimum absolute atomic E-state index is 0.523. The van der Waals surface area contributed by atoms with Gasteiger partial charge in [0.1, 0.15) is 0 Å². The molecule has 1 spiro atoms. The number of hydrogen-bond donors (Lipinski definition) is 1. The van der Waals surface area contributed by atoms with Gasteiger partial charge in [-0.2, -0.15) is 0 Å². The Labute approximate surface area is 118 Å². The van der Waals surface area contributed by atoms with Crippen LogP contribution in [0.15, 0.2) is 0 Å². The predicted octanol–water partition coefficient (Wildman–Crippen LogP) is 2.41. The first-order chi connectivity index (χ1) is 9.36. The van der Waals surface area contributed by atoms with E-state index in [1.165, 1.54) is 64.5 Å². The van der Waals surface area contributed by atoms with Gasteiger partial charge in [-0.3, -0.25) is 4.90 Å². The quantitative estimate of drug-likeness (QED) is 0.846. The van der Waals surface area contributed by atoms with Crippen LogP contribution in [-0.4, -0.2) is 50.3 Å². The topological polar surface area (TPSA) is 24.5 Å². The molecule has 1 N–H and O–H groups in total. The largest absolute Gasteiger partial charge is 0.377 e. The maximum absolute atomic E-state index is 6.01. The van der Waals surface area contributed by atoms with Crippen molar-refractivity contribution in [2.24, 2.45) is 5.41 Å². The summed E-state index contributed by atoms with van der Waals surface area (Å²) in [6, 6.07) is 0. The molecule has 0 atom stereocenters. The van der Waals surface area contributed by atoms with E-state index in [2.05, 4.69) is 10.2 Å². The van der Waals surface area contributed by atoms with Crippen molar-refractivity contribution < 1.29 is 4.74 Å². The number of rotatable bonds is 4. The van der Waals surface area contributed by atoms with Gasteiger partial charge in [0.05, 0.1) is 12.7 Å². The maximum atomic E-state index is 6.01. The first-order valence-corrected chi connectivity index (χ1v) is 8.41. The molecule has 3 aliphatic rings. The number of likely N-dealkylation sites (tertiary alicyclic amines) is 1. The summed E-state index contributed by atoms with van der Waals surface area (Å²) >= 11 is 0. The average Bonchev–Trinajstić information content (AvgIpc) is 2.65. The second-order valence-corrected chi connectivity index (χ2v) is 6.95. The molecule has 3 nitrogen and oxygen atoms in total. The lowest BCUT2D eigenvalue weighted by Crippen LogP contribution is -2.56. The number of nitrogens with one attached hydrogen (secondary N) is 1. The highest BCUT2D eigenvalue weighted by atomic mass is 16.5. The van der Waals surface area contributed by atoms with E-state index >= 15 is 0 Å². The molecule has 0 aromatic rings. The van der Waals surface area contributed by atoms with Gasteiger partial charge in [-0.05, 0) is 44.2 Å². The van der Waals surface area contributed by atoms with Crippen LogP contribution < -0.4 is 5.32 Å². The van der Waals surface area contributed by atoms with Crippen LogP contribution in [0.1, 0.15) is 51.4 Å². The molecule has 110 valence electrons. The highest BCUT2D eigenvalue weighted by Crippen LogP contribution is 2.42. The summed E-state index contributed by atoms with van der Waals surface area (Å²) in [6.07, 6.45) is 11.8. The van der Waals surface area contributed by atoms with E-state index in [4.69, 9.17) is 4.74 Å². The first kappa shape index (κ1) is 13.8. The SMILES string of the molecule is C1CCCC2(CC1)CN(CCOC1CCNCC1)C2. The van der Waals surface area contributed by atoms with Gasteiger partial charge in [-0.1, -0.05) is 25.7 Å². The van der Waals surface area contributed by atoms with Crippen LogP contribution in [0.5, 0.6) is 0 Å². The van der Waals surface area contributed by atoms with E-state index in [-0.39, 0.29) is 0 Å². The van der Waals surface area contributed by atoms with Gasteiger partial charge in [-0.25, -0.2) is 0 Å². The van der Waals surface area contributed by atoms with E-state index in [9.17, 15) is 0 Å². The zero-order valence-corrected chi connectivity index (χ0v) is 12.3. The highest BCUT2D eigenvalue weighted by Gasteiger charge is 2.41. The van der Waals surface area contributed by atoms with Gasteiger partial charge >= 0.3 is 0 Å². The fourth-order valence-corrected chi connectivity index (χ4v) is 4.17. The van der Waals surface area contributed by atoms with Crippen LogP contribution in [0, 0.1) is 5.41 Å². The Hall–Kier alpha value is -0.120. The molecule has 19 heavy (non-hydrogen) atoms. The summed E-state index contributed by atoms with van der Waals surface area (Å²) in [5, 5.41) is 3.39. The Balaban J connectivity index is 1.30. The van der Waals surface area contributed by atoms with Crippen molar-refractivity contribution in [3.8, 4) is 0 Å². The summed E-state index contributed by atoms with van der Waals surface area (Å²) in [5.41, 5.74) is 0.714. The Bertz CT molecular complexity index is 260. The molecule has 0 aromatic carbocycles. The normalized spacial score (nSPS) is 29.1. The molecule has 2 heterocycles. The van der Waals surface area contributed by atoms with Gasteiger partial charge in [0, 0.05) is 19.6 Å². The minimum Gasteiger partial charge on any atom is -0.377 e. The molecule has 0 amide bonds. The lowest BCUT2D eigenvalue weighted by atomic mass is 9.73. The fourth-order valence-electron chi connectivity index (χ4n) is 4.17.